The van der Waals surface area contributed by atoms with Crippen molar-refractivity contribution >= 4 is 22.8 Å². The fourth-order valence-electron chi connectivity index (χ4n) is 3.42. The van der Waals surface area contributed by atoms with Gasteiger partial charge in [-0.25, -0.2) is 0 Å². The van der Waals surface area contributed by atoms with Crippen LogP contribution in [0.2, 0.25) is 0 Å². The van der Waals surface area contributed by atoms with Gasteiger partial charge in [-0.3, -0.25) is 0 Å². The lowest BCUT2D eigenvalue weighted by Gasteiger charge is -2.00. The number of aromatic amines is 4. The van der Waals surface area contributed by atoms with Crippen molar-refractivity contribution in [3.63, 3.8) is 0 Å². The highest BCUT2D eigenvalue weighted by Gasteiger charge is 2.10. The molecule has 8 heteroatoms. The monoisotopic (exact) mass is 372 g/mol. The number of hydrogen-bond donors (Lipinski definition) is 8. The van der Waals surface area contributed by atoms with E-state index in [-0.39, 0.29) is 0 Å². The summed E-state index contributed by atoms with van der Waals surface area (Å²) in [6.07, 6.45) is 0. The molecule has 12 N–H and O–H groups in total. The van der Waals surface area contributed by atoms with Crippen LogP contribution in [0.1, 0.15) is 22.8 Å². The second kappa shape index (κ2) is 5.65. The normalized spacial score (nSPS) is 14.0. The first-order chi connectivity index (χ1) is 13.5. The summed E-state index contributed by atoms with van der Waals surface area (Å²) in [5, 5.41) is 3.04. The molecule has 4 aromatic rings. The highest BCUT2D eigenvalue weighted by atomic mass is 14.9. The van der Waals surface area contributed by atoms with Crippen LogP contribution < -0.4 is 44.3 Å². The molecule has 8 nitrogen and oxygen atoms in total. The van der Waals surface area contributed by atoms with E-state index in [1.165, 1.54) is 0 Å². The van der Waals surface area contributed by atoms with Crippen LogP contribution in [0.15, 0.2) is 48.5 Å². The lowest BCUT2D eigenvalue weighted by Crippen LogP contribution is -2.23. The first-order valence-electron chi connectivity index (χ1n) is 8.80. The molecule has 8 bridgehead atoms. The lowest BCUT2D eigenvalue weighted by atomic mass is 10.3. The van der Waals surface area contributed by atoms with Crippen LogP contribution in [0, 0.1) is 0 Å². The van der Waals surface area contributed by atoms with Crippen LogP contribution >= 0.6 is 0 Å². The van der Waals surface area contributed by atoms with E-state index in [0.717, 1.165) is 44.2 Å². The molecule has 5 heterocycles. The highest BCUT2D eigenvalue weighted by Crippen LogP contribution is 2.11. The number of hydrogen-bond acceptors (Lipinski definition) is 4. The zero-order chi connectivity index (χ0) is 19.4. The summed E-state index contributed by atoms with van der Waals surface area (Å²) in [5.74, 6) is 0. The van der Waals surface area contributed by atoms with Gasteiger partial charge in [-0.2, -0.15) is 0 Å². The third-order valence-corrected chi connectivity index (χ3v) is 5.07. The van der Waals surface area contributed by atoms with Gasteiger partial charge in [-0.15, -0.1) is 0 Å². The van der Waals surface area contributed by atoms with Crippen molar-refractivity contribution < 1.29 is 0 Å². The molecule has 0 spiro atoms. The van der Waals surface area contributed by atoms with E-state index < -0.39 is 0 Å². The van der Waals surface area contributed by atoms with E-state index in [9.17, 15) is 0 Å². The summed E-state index contributed by atoms with van der Waals surface area (Å²) in [6, 6.07) is 15.1. The number of H-pyrrole nitrogens is 4. The molecule has 0 fully saturated rings. The van der Waals surface area contributed by atoms with Crippen LogP contribution in [-0.4, -0.2) is 19.9 Å². The Morgan fingerprint density at radius 3 is 0.857 bits per heavy atom. The van der Waals surface area contributed by atoms with Crippen molar-refractivity contribution in [1.29, 1.82) is 0 Å². The fraction of sp³-hybridized carbons (Fsp3) is 0. The van der Waals surface area contributed by atoms with Gasteiger partial charge in [0.1, 0.15) is 0 Å². The van der Waals surface area contributed by atoms with Gasteiger partial charge in [0.15, 0.2) is 0 Å². The number of fused-ring (bicyclic) bond motifs is 8. The fourth-order valence-corrected chi connectivity index (χ4v) is 3.42. The Kier molecular flexibility index (Phi) is 3.23. The molecule has 0 amide bonds. The molecule has 0 atom stereocenters. The summed E-state index contributed by atoms with van der Waals surface area (Å²) >= 11 is 0. The smallest absolute Gasteiger partial charge is 0.0792 e. The zero-order valence-electron chi connectivity index (χ0n) is 14.9. The molecule has 4 aromatic heterocycles. The van der Waals surface area contributed by atoms with E-state index in [1.54, 1.807) is 0 Å². The number of nitrogens with one attached hydrogen (secondary N) is 4. The third kappa shape index (κ3) is 2.32. The summed E-state index contributed by atoms with van der Waals surface area (Å²) in [6.45, 7) is 0. The maximum absolute atomic E-state index is 6.35. The van der Waals surface area contributed by atoms with Gasteiger partial charge in [0.05, 0.1) is 67.0 Å². The Bertz CT molecular complexity index is 1240. The molecular weight excluding hydrogens is 352 g/mol. The van der Waals surface area contributed by atoms with E-state index in [2.05, 4.69) is 19.9 Å². The Hall–Kier alpha value is -4.20. The van der Waals surface area contributed by atoms with Crippen molar-refractivity contribution in [1.82, 2.24) is 19.9 Å². The molecule has 0 aliphatic carbocycles. The lowest BCUT2D eigenvalue weighted by molar-refractivity contribution is 1.16. The number of nitrogens with two attached hydrogens (primary N) is 4. The van der Waals surface area contributed by atoms with E-state index in [0.29, 0.717) is 22.8 Å². The largest absolute Gasteiger partial charge is 0.395 e. The molecular formula is C20H20N8. The van der Waals surface area contributed by atoms with Crippen LogP contribution in [0.25, 0.3) is 22.8 Å². The minimum atomic E-state index is 0.571. The molecule has 0 aromatic carbocycles. The van der Waals surface area contributed by atoms with Crippen molar-refractivity contribution in [2.75, 3.05) is 0 Å². The van der Waals surface area contributed by atoms with Gasteiger partial charge in [-0.05, 0) is 48.5 Å². The molecule has 0 saturated carbocycles. The van der Waals surface area contributed by atoms with Crippen molar-refractivity contribution in [3.05, 3.63) is 92.7 Å². The van der Waals surface area contributed by atoms with Crippen molar-refractivity contribution in [3.8, 4) is 0 Å². The molecule has 0 radical (unpaired) electrons. The van der Waals surface area contributed by atoms with Gasteiger partial charge < -0.3 is 42.9 Å². The Balaban J connectivity index is 1.90. The standard InChI is InChI=1S/C20H20N8/c21-17-9-1-2-10(25-9)18(22)12-5-6-14(27-12)20(24)16-8-7-15(28-16)19(23)13-4-3-11(17)26-13/h1-8,25-28H,21-24H2. The summed E-state index contributed by atoms with van der Waals surface area (Å²) < 4.78 is 0. The highest BCUT2D eigenvalue weighted by molar-refractivity contribution is 5.67. The van der Waals surface area contributed by atoms with Crippen LogP contribution in [-0.2, 0) is 0 Å². The number of rotatable bonds is 0. The average Bonchev–Trinajstić information content (AvgIpc) is 3.49. The predicted molar refractivity (Wildman–Crippen MR) is 108 cm³/mol. The quantitative estimate of drug-likeness (QED) is 0.175. The van der Waals surface area contributed by atoms with Gasteiger partial charge in [0, 0.05) is 0 Å². The topological polar surface area (TPSA) is 167 Å². The molecule has 0 unspecified atom stereocenters. The van der Waals surface area contributed by atoms with E-state index in [1.807, 2.05) is 48.5 Å². The van der Waals surface area contributed by atoms with Crippen molar-refractivity contribution in [2.45, 2.75) is 0 Å². The molecule has 28 heavy (non-hydrogen) atoms. The molecule has 5 rings (SSSR count). The second-order valence-electron chi connectivity index (χ2n) is 6.80. The molecule has 140 valence electrons. The summed E-state index contributed by atoms with van der Waals surface area (Å²) in [4.78, 5) is 13.1. The van der Waals surface area contributed by atoms with E-state index in [4.69, 9.17) is 22.9 Å². The van der Waals surface area contributed by atoms with Crippen LogP contribution in [0.3, 0.4) is 0 Å². The van der Waals surface area contributed by atoms with Crippen LogP contribution in [0.4, 0.5) is 0 Å². The number of aromatic nitrogens is 4. The van der Waals surface area contributed by atoms with Gasteiger partial charge >= 0.3 is 0 Å². The maximum atomic E-state index is 6.35. The molecule has 0 saturated heterocycles. The minimum absolute atomic E-state index is 0.571. The third-order valence-electron chi connectivity index (χ3n) is 5.07. The maximum Gasteiger partial charge on any atom is 0.0792 e. The van der Waals surface area contributed by atoms with Crippen LogP contribution in [0.5, 0.6) is 0 Å². The Morgan fingerprint density at radius 2 is 0.607 bits per heavy atom. The Morgan fingerprint density at radius 1 is 0.357 bits per heavy atom. The summed E-state index contributed by atoms with van der Waals surface area (Å²) in [7, 11) is 0. The zero-order valence-corrected chi connectivity index (χ0v) is 14.9. The van der Waals surface area contributed by atoms with Gasteiger partial charge in [0.25, 0.3) is 0 Å². The Labute approximate surface area is 158 Å². The van der Waals surface area contributed by atoms with Gasteiger partial charge in [-0.1, -0.05) is 0 Å². The van der Waals surface area contributed by atoms with Crippen molar-refractivity contribution in [2.24, 2.45) is 22.9 Å². The first kappa shape index (κ1) is 16.0. The summed E-state index contributed by atoms with van der Waals surface area (Å²) in [5.41, 5.74) is 30.7. The second-order valence-corrected chi connectivity index (χ2v) is 6.80. The van der Waals surface area contributed by atoms with Gasteiger partial charge in [0.2, 0.25) is 0 Å². The average molecular weight is 372 g/mol. The minimum Gasteiger partial charge on any atom is -0.395 e. The SMILES string of the molecule is NC1=c2ccc([nH]2)=C(N)c2ccc([nH]2)C(N)=c2ccc([nH]2)=C(N)c2ccc1[nH]2. The predicted octanol–water partition coefficient (Wildman–Crippen LogP) is -2.23. The van der Waals surface area contributed by atoms with E-state index >= 15 is 0 Å². The molecule has 1 aliphatic heterocycles. The molecule has 1 aliphatic rings. The first-order valence-corrected chi connectivity index (χ1v) is 8.80.